The summed E-state index contributed by atoms with van der Waals surface area (Å²) < 4.78 is 31.6. The van der Waals surface area contributed by atoms with E-state index in [9.17, 15) is 13.6 Å². The molecule has 1 fully saturated rings. The number of amides is 1. The molecule has 1 unspecified atom stereocenters. The van der Waals surface area contributed by atoms with E-state index in [0.717, 1.165) is 12.5 Å². The molecule has 98 valence electrons. The van der Waals surface area contributed by atoms with Crippen LogP contribution < -0.4 is 0 Å². The summed E-state index contributed by atoms with van der Waals surface area (Å²) in [6.07, 6.45) is 0.830. The highest BCUT2D eigenvalue weighted by Gasteiger charge is 2.28. The van der Waals surface area contributed by atoms with Crippen LogP contribution in [-0.4, -0.2) is 37.6 Å². The minimum Gasteiger partial charge on any atom is -0.384 e. The van der Waals surface area contributed by atoms with Crippen LogP contribution in [0.5, 0.6) is 0 Å². The topological polar surface area (TPSA) is 29.5 Å². The molecule has 2 rings (SSSR count). The number of hydrogen-bond donors (Lipinski definition) is 0. The summed E-state index contributed by atoms with van der Waals surface area (Å²) in [4.78, 5) is 13.6. The summed E-state index contributed by atoms with van der Waals surface area (Å²) in [5.74, 6) is -2.24. The van der Waals surface area contributed by atoms with Crippen molar-refractivity contribution in [1.29, 1.82) is 0 Å². The highest BCUT2D eigenvalue weighted by molar-refractivity contribution is 5.94. The lowest BCUT2D eigenvalue weighted by Gasteiger charge is -2.16. The minimum atomic E-state index is -1.07. The first-order valence-electron chi connectivity index (χ1n) is 5.85. The molecule has 18 heavy (non-hydrogen) atoms. The van der Waals surface area contributed by atoms with Gasteiger partial charge >= 0.3 is 0 Å². The van der Waals surface area contributed by atoms with Crippen molar-refractivity contribution < 1.29 is 18.3 Å². The molecule has 1 atom stereocenters. The molecule has 0 aromatic heterocycles. The van der Waals surface area contributed by atoms with Gasteiger partial charge < -0.3 is 9.64 Å². The SMILES string of the molecule is COCC1CCN(C(=O)c2cccc(F)c2F)C1. The summed E-state index contributed by atoms with van der Waals surface area (Å²) in [6, 6.07) is 3.66. The Hall–Kier alpha value is -1.49. The van der Waals surface area contributed by atoms with Crippen molar-refractivity contribution in [2.45, 2.75) is 6.42 Å². The van der Waals surface area contributed by atoms with Crippen molar-refractivity contribution in [3.05, 3.63) is 35.4 Å². The van der Waals surface area contributed by atoms with Crippen LogP contribution in [0.1, 0.15) is 16.8 Å². The molecule has 0 aliphatic carbocycles. The molecule has 1 aliphatic rings. The Morgan fingerprint density at radius 2 is 2.28 bits per heavy atom. The van der Waals surface area contributed by atoms with E-state index in [2.05, 4.69) is 0 Å². The van der Waals surface area contributed by atoms with Gasteiger partial charge in [-0.1, -0.05) is 6.07 Å². The monoisotopic (exact) mass is 255 g/mol. The zero-order valence-corrected chi connectivity index (χ0v) is 10.2. The Labute approximate surface area is 104 Å². The third-order valence-corrected chi connectivity index (χ3v) is 3.16. The molecule has 1 aromatic carbocycles. The maximum absolute atomic E-state index is 13.5. The lowest BCUT2D eigenvalue weighted by atomic mass is 10.1. The lowest BCUT2D eigenvalue weighted by molar-refractivity contribution is 0.0770. The number of benzene rings is 1. The molecule has 1 aromatic rings. The smallest absolute Gasteiger partial charge is 0.256 e. The summed E-state index contributed by atoms with van der Waals surface area (Å²) in [6.45, 7) is 1.67. The number of likely N-dealkylation sites (tertiary alicyclic amines) is 1. The van der Waals surface area contributed by atoms with E-state index in [4.69, 9.17) is 4.74 Å². The molecule has 0 N–H and O–H groups in total. The van der Waals surface area contributed by atoms with Crippen molar-refractivity contribution in [3.63, 3.8) is 0 Å². The van der Waals surface area contributed by atoms with Gasteiger partial charge in [-0.2, -0.15) is 0 Å². The number of halogens is 2. The normalized spacial score (nSPS) is 19.3. The van der Waals surface area contributed by atoms with Crippen LogP contribution in [0.25, 0.3) is 0 Å². The van der Waals surface area contributed by atoms with E-state index in [1.807, 2.05) is 0 Å². The van der Waals surface area contributed by atoms with Crippen molar-refractivity contribution in [3.8, 4) is 0 Å². The number of methoxy groups -OCH3 is 1. The Kier molecular flexibility index (Phi) is 3.91. The van der Waals surface area contributed by atoms with E-state index in [1.54, 1.807) is 12.0 Å². The molecule has 1 saturated heterocycles. The average molecular weight is 255 g/mol. The predicted molar refractivity (Wildman–Crippen MR) is 62.2 cm³/mol. The molecule has 0 radical (unpaired) electrons. The maximum Gasteiger partial charge on any atom is 0.256 e. The van der Waals surface area contributed by atoms with E-state index >= 15 is 0 Å². The van der Waals surface area contributed by atoms with Gasteiger partial charge in [0.1, 0.15) is 0 Å². The van der Waals surface area contributed by atoms with Gasteiger partial charge in [-0.15, -0.1) is 0 Å². The molecular formula is C13H15F2NO2. The zero-order chi connectivity index (χ0) is 13.1. The van der Waals surface area contributed by atoms with E-state index in [0.29, 0.717) is 19.7 Å². The minimum absolute atomic E-state index is 0.201. The van der Waals surface area contributed by atoms with Crippen LogP contribution in [0.4, 0.5) is 8.78 Å². The second-order valence-corrected chi connectivity index (χ2v) is 4.46. The first-order chi connectivity index (χ1) is 8.63. The van der Waals surface area contributed by atoms with Gasteiger partial charge in [-0.05, 0) is 18.6 Å². The van der Waals surface area contributed by atoms with Crippen LogP contribution in [-0.2, 0) is 4.74 Å². The largest absolute Gasteiger partial charge is 0.384 e. The average Bonchev–Trinajstić information content (AvgIpc) is 2.81. The third kappa shape index (κ3) is 2.51. The standard InChI is InChI=1S/C13H15F2NO2/c1-18-8-9-5-6-16(7-9)13(17)10-3-2-4-11(14)12(10)15/h2-4,9H,5-8H2,1H3. The van der Waals surface area contributed by atoms with Crippen molar-refractivity contribution >= 4 is 5.91 Å². The van der Waals surface area contributed by atoms with Crippen molar-refractivity contribution in [1.82, 2.24) is 4.90 Å². The highest BCUT2D eigenvalue weighted by atomic mass is 19.2. The van der Waals surface area contributed by atoms with Gasteiger partial charge in [0.05, 0.1) is 12.2 Å². The molecule has 1 amide bonds. The molecule has 1 aliphatic heterocycles. The molecule has 3 nitrogen and oxygen atoms in total. The fraction of sp³-hybridized carbons (Fsp3) is 0.462. The summed E-state index contributed by atoms with van der Waals surface area (Å²) in [5.41, 5.74) is -0.201. The lowest BCUT2D eigenvalue weighted by Crippen LogP contribution is -2.30. The molecule has 0 spiro atoms. The van der Waals surface area contributed by atoms with Gasteiger partial charge in [0.25, 0.3) is 5.91 Å². The first kappa shape index (κ1) is 13.0. The number of hydrogen-bond acceptors (Lipinski definition) is 2. The van der Waals surface area contributed by atoms with Gasteiger partial charge in [-0.3, -0.25) is 4.79 Å². The van der Waals surface area contributed by atoms with Gasteiger partial charge in [0.15, 0.2) is 11.6 Å². The molecule has 0 bridgehead atoms. The van der Waals surface area contributed by atoms with Crippen LogP contribution in [0.15, 0.2) is 18.2 Å². The number of ether oxygens (including phenoxy) is 1. The Bertz CT molecular complexity index is 451. The van der Waals surface area contributed by atoms with E-state index in [1.165, 1.54) is 12.1 Å². The van der Waals surface area contributed by atoms with Crippen LogP contribution in [0, 0.1) is 17.6 Å². The fourth-order valence-electron chi connectivity index (χ4n) is 2.23. The molecule has 0 saturated carbocycles. The van der Waals surface area contributed by atoms with E-state index in [-0.39, 0.29) is 11.5 Å². The van der Waals surface area contributed by atoms with E-state index < -0.39 is 17.5 Å². The molecule has 5 heteroatoms. The highest BCUT2D eigenvalue weighted by Crippen LogP contribution is 2.20. The quantitative estimate of drug-likeness (QED) is 0.827. The molecular weight excluding hydrogens is 240 g/mol. The number of carbonyl (C=O) groups excluding carboxylic acids is 1. The second kappa shape index (κ2) is 5.44. The number of rotatable bonds is 3. The maximum atomic E-state index is 13.5. The molecule has 1 heterocycles. The van der Waals surface area contributed by atoms with Gasteiger partial charge in [0.2, 0.25) is 0 Å². The fourth-order valence-corrected chi connectivity index (χ4v) is 2.23. The van der Waals surface area contributed by atoms with Gasteiger partial charge in [-0.25, -0.2) is 8.78 Å². The Morgan fingerprint density at radius 3 is 3.00 bits per heavy atom. The van der Waals surface area contributed by atoms with Crippen LogP contribution >= 0.6 is 0 Å². The van der Waals surface area contributed by atoms with Crippen LogP contribution in [0.2, 0.25) is 0 Å². The van der Waals surface area contributed by atoms with Crippen molar-refractivity contribution in [2.75, 3.05) is 26.8 Å². The predicted octanol–water partition coefficient (Wildman–Crippen LogP) is 2.07. The summed E-state index contributed by atoms with van der Waals surface area (Å²) >= 11 is 0. The first-order valence-corrected chi connectivity index (χ1v) is 5.85. The summed E-state index contributed by atoms with van der Waals surface area (Å²) in [7, 11) is 1.61. The van der Waals surface area contributed by atoms with Crippen LogP contribution in [0.3, 0.4) is 0 Å². The zero-order valence-electron chi connectivity index (χ0n) is 10.2. The number of nitrogens with zero attached hydrogens (tertiary/aromatic N) is 1. The third-order valence-electron chi connectivity index (χ3n) is 3.16. The second-order valence-electron chi connectivity index (χ2n) is 4.46. The van der Waals surface area contributed by atoms with Gasteiger partial charge in [0, 0.05) is 26.1 Å². The Balaban J connectivity index is 2.11. The summed E-state index contributed by atoms with van der Waals surface area (Å²) in [5, 5.41) is 0. The number of carbonyl (C=O) groups is 1. The Morgan fingerprint density at radius 1 is 1.50 bits per heavy atom. The van der Waals surface area contributed by atoms with Crippen molar-refractivity contribution in [2.24, 2.45) is 5.92 Å².